The molecule has 2 N–H and O–H groups in total. The molecule has 148 valence electrons. The minimum atomic E-state index is -0.0476. The van der Waals surface area contributed by atoms with Crippen molar-refractivity contribution in [3.05, 3.63) is 63.4 Å². The number of amides is 1. The average molecular weight is 444 g/mol. The summed E-state index contributed by atoms with van der Waals surface area (Å²) in [7, 11) is 0. The van der Waals surface area contributed by atoms with Gasteiger partial charge in [-0.1, -0.05) is 30.3 Å². The predicted molar refractivity (Wildman–Crippen MR) is 122 cm³/mol. The molecule has 0 saturated heterocycles. The van der Waals surface area contributed by atoms with Gasteiger partial charge in [0.15, 0.2) is 9.77 Å². The van der Waals surface area contributed by atoms with Crippen LogP contribution in [0.25, 0.3) is 21.1 Å². The highest BCUT2D eigenvalue weighted by Gasteiger charge is 2.09. The largest absolute Gasteiger partial charge is 0.357 e. The van der Waals surface area contributed by atoms with Crippen molar-refractivity contribution in [1.29, 1.82) is 0 Å². The van der Waals surface area contributed by atoms with Crippen molar-refractivity contribution in [2.75, 3.05) is 5.32 Å². The van der Waals surface area contributed by atoms with Gasteiger partial charge in [0.25, 0.3) is 0 Å². The van der Waals surface area contributed by atoms with E-state index in [-0.39, 0.29) is 11.3 Å². The highest BCUT2D eigenvalue weighted by Crippen LogP contribution is 2.32. The second-order valence-corrected chi connectivity index (χ2v) is 9.29. The average Bonchev–Trinajstić information content (AvgIpc) is 3.09. The normalized spacial score (nSPS) is 11.2. The summed E-state index contributed by atoms with van der Waals surface area (Å²) in [6.07, 6.45) is 1.33. The van der Waals surface area contributed by atoms with Crippen molar-refractivity contribution in [3.63, 3.8) is 0 Å². The van der Waals surface area contributed by atoms with E-state index in [9.17, 15) is 9.59 Å². The SMILES string of the molecule is CCCC(=O)Nc1ccc2nc(SCc3cc(=O)c4cc(Cl)ccc4[nH]3)sc2c1. The Kier molecular flexibility index (Phi) is 5.89. The van der Waals surface area contributed by atoms with Crippen LogP contribution in [-0.2, 0) is 10.5 Å². The van der Waals surface area contributed by atoms with E-state index in [1.807, 2.05) is 31.2 Å². The fraction of sp³-hybridized carbons (Fsp3) is 0.190. The number of thioether (sulfide) groups is 1. The molecule has 2 aromatic carbocycles. The van der Waals surface area contributed by atoms with Crippen LogP contribution in [0.3, 0.4) is 0 Å². The van der Waals surface area contributed by atoms with Gasteiger partial charge >= 0.3 is 0 Å². The lowest BCUT2D eigenvalue weighted by molar-refractivity contribution is -0.116. The second-order valence-electron chi connectivity index (χ2n) is 6.60. The maximum Gasteiger partial charge on any atom is 0.224 e. The molecule has 0 bridgehead atoms. The molecule has 4 aromatic rings. The molecule has 0 aliphatic rings. The number of anilines is 1. The number of carbonyl (C=O) groups excluding carboxylic acids is 1. The standard InChI is InChI=1S/C21H18ClN3O2S2/c1-2-3-20(27)24-13-5-7-17-19(10-13)29-21(25-17)28-11-14-9-18(26)15-8-12(22)4-6-16(15)23-14/h4-10H,2-3,11H2,1H3,(H,23,26)(H,24,27). The van der Waals surface area contributed by atoms with E-state index in [1.54, 1.807) is 41.3 Å². The summed E-state index contributed by atoms with van der Waals surface area (Å²) in [5.41, 5.74) is 3.24. The lowest BCUT2D eigenvalue weighted by Gasteiger charge is -2.03. The Morgan fingerprint density at radius 2 is 2.10 bits per heavy atom. The number of carbonyl (C=O) groups is 1. The van der Waals surface area contributed by atoms with Crippen LogP contribution in [-0.4, -0.2) is 15.9 Å². The third-order valence-electron chi connectivity index (χ3n) is 4.33. The third-order valence-corrected chi connectivity index (χ3v) is 6.77. The zero-order valence-corrected chi connectivity index (χ0v) is 18.0. The fourth-order valence-electron chi connectivity index (χ4n) is 2.99. The number of benzene rings is 2. The highest BCUT2D eigenvalue weighted by molar-refractivity contribution is 8.00. The monoisotopic (exact) mass is 443 g/mol. The van der Waals surface area contributed by atoms with Crippen LogP contribution in [0.4, 0.5) is 5.69 Å². The second kappa shape index (κ2) is 8.57. The van der Waals surface area contributed by atoms with Crippen LogP contribution in [0.2, 0.25) is 5.02 Å². The lowest BCUT2D eigenvalue weighted by Crippen LogP contribution is -2.10. The van der Waals surface area contributed by atoms with Gasteiger partial charge in [-0.25, -0.2) is 4.98 Å². The Bertz CT molecular complexity index is 1270. The molecule has 5 nitrogen and oxygen atoms in total. The molecule has 0 fully saturated rings. The summed E-state index contributed by atoms with van der Waals surface area (Å²) < 4.78 is 1.93. The molecule has 0 saturated carbocycles. The zero-order valence-electron chi connectivity index (χ0n) is 15.6. The number of aromatic nitrogens is 2. The number of rotatable bonds is 6. The summed E-state index contributed by atoms with van der Waals surface area (Å²) in [4.78, 5) is 32.1. The van der Waals surface area contributed by atoms with Gasteiger partial charge in [0.05, 0.1) is 10.2 Å². The van der Waals surface area contributed by atoms with Gasteiger partial charge in [-0.2, -0.15) is 0 Å². The predicted octanol–water partition coefficient (Wildman–Crippen LogP) is 5.82. The summed E-state index contributed by atoms with van der Waals surface area (Å²) in [6, 6.07) is 12.6. The van der Waals surface area contributed by atoms with Gasteiger partial charge in [-0.3, -0.25) is 9.59 Å². The van der Waals surface area contributed by atoms with E-state index < -0.39 is 0 Å². The number of nitrogens with one attached hydrogen (secondary N) is 2. The van der Waals surface area contributed by atoms with Crippen molar-refractivity contribution < 1.29 is 4.79 Å². The number of pyridine rings is 1. The minimum Gasteiger partial charge on any atom is -0.357 e. The van der Waals surface area contributed by atoms with Gasteiger partial charge < -0.3 is 10.3 Å². The molecule has 29 heavy (non-hydrogen) atoms. The molecule has 2 aromatic heterocycles. The number of halogens is 1. The van der Waals surface area contributed by atoms with Crippen LogP contribution >= 0.6 is 34.7 Å². The quantitative estimate of drug-likeness (QED) is 0.368. The molecule has 0 aliphatic carbocycles. The Balaban J connectivity index is 1.51. The van der Waals surface area contributed by atoms with Crippen LogP contribution in [0.1, 0.15) is 25.5 Å². The number of fused-ring (bicyclic) bond motifs is 2. The van der Waals surface area contributed by atoms with E-state index >= 15 is 0 Å². The molecular formula is C21H18ClN3O2S2. The first-order valence-electron chi connectivity index (χ1n) is 9.16. The number of aromatic amines is 1. The van der Waals surface area contributed by atoms with E-state index in [4.69, 9.17) is 11.6 Å². The maximum atomic E-state index is 12.3. The summed E-state index contributed by atoms with van der Waals surface area (Å²) in [5.74, 6) is 0.626. The molecule has 0 aliphatic heterocycles. The topological polar surface area (TPSA) is 74.8 Å². The first-order chi connectivity index (χ1) is 14.0. The zero-order chi connectivity index (χ0) is 20.4. The van der Waals surface area contributed by atoms with Crippen molar-refractivity contribution in [1.82, 2.24) is 9.97 Å². The molecule has 0 unspecified atom stereocenters. The fourth-order valence-corrected chi connectivity index (χ4v) is 5.17. The van der Waals surface area contributed by atoms with Crippen molar-refractivity contribution in [3.8, 4) is 0 Å². The van der Waals surface area contributed by atoms with Crippen LogP contribution in [0, 0.1) is 0 Å². The Labute approximate surface area is 180 Å². The highest BCUT2D eigenvalue weighted by atomic mass is 35.5. The van der Waals surface area contributed by atoms with Crippen molar-refractivity contribution in [2.45, 2.75) is 29.9 Å². The molecular weight excluding hydrogens is 426 g/mol. The van der Waals surface area contributed by atoms with Crippen molar-refractivity contribution in [2.24, 2.45) is 0 Å². The number of nitrogens with zero attached hydrogens (tertiary/aromatic N) is 1. The van der Waals surface area contributed by atoms with E-state index in [2.05, 4.69) is 15.3 Å². The van der Waals surface area contributed by atoms with E-state index in [0.29, 0.717) is 22.6 Å². The number of thiazole rings is 1. The number of H-pyrrole nitrogens is 1. The molecule has 0 radical (unpaired) electrons. The van der Waals surface area contributed by atoms with Crippen LogP contribution < -0.4 is 10.7 Å². The lowest BCUT2D eigenvalue weighted by atomic mass is 10.2. The minimum absolute atomic E-state index is 0.0208. The van der Waals surface area contributed by atoms with Gasteiger partial charge in [0, 0.05) is 45.5 Å². The summed E-state index contributed by atoms with van der Waals surface area (Å²) in [6.45, 7) is 1.98. The Morgan fingerprint density at radius 3 is 2.93 bits per heavy atom. The van der Waals surface area contributed by atoms with E-state index in [0.717, 1.165) is 37.9 Å². The van der Waals surface area contributed by atoms with Gasteiger partial charge in [0.2, 0.25) is 5.91 Å². The van der Waals surface area contributed by atoms with Gasteiger partial charge in [0.1, 0.15) is 0 Å². The molecule has 4 rings (SSSR count). The van der Waals surface area contributed by atoms with Crippen molar-refractivity contribution >= 4 is 67.4 Å². The first-order valence-corrected chi connectivity index (χ1v) is 11.3. The molecule has 2 heterocycles. The Hall–Kier alpha value is -2.35. The Morgan fingerprint density at radius 1 is 1.24 bits per heavy atom. The van der Waals surface area contributed by atoms with Crippen LogP contribution in [0.15, 0.2) is 51.6 Å². The number of hydrogen-bond donors (Lipinski definition) is 2. The third kappa shape index (κ3) is 4.63. The maximum absolute atomic E-state index is 12.3. The number of hydrogen-bond acceptors (Lipinski definition) is 5. The van der Waals surface area contributed by atoms with E-state index in [1.165, 1.54) is 0 Å². The summed E-state index contributed by atoms with van der Waals surface area (Å²) in [5, 5.41) is 4.05. The molecule has 8 heteroatoms. The van der Waals surface area contributed by atoms with Crippen LogP contribution in [0.5, 0.6) is 0 Å². The molecule has 0 atom stereocenters. The van der Waals surface area contributed by atoms with Gasteiger partial charge in [-0.05, 0) is 42.8 Å². The molecule has 1 amide bonds. The first kappa shape index (κ1) is 19.9. The molecule has 0 spiro atoms. The summed E-state index contributed by atoms with van der Waals surface area (Å²) >= 11 is 9.12. The smallest absolute Gasteiger partial charge is 0.224 e. The van der Waals surface area contributed by atoms with Gasteiger partial charge in [-0.15, -0.1) is 11.3 Å².